The van der Waals surface area contributed by atoms with Crippen LogP contribution in [0, 0.1) is 0 Å². The van der Waals surface area contributed by atoms with Gasteiger partial charge in [0.25, 0.3) is 10.0 Å². The van der Waals surface area contributed by atoms with Crippen molar-refractivity contribution in [1.29, 1.82) is 0 Å². The highest BCUT2D eigenvalue weighted by molar-refractivity contribution is 7.91. The summed E-state index contributed by atoms with van der Waals surface area (Å²) in [4.78, 5) is 12.5. The van der Waals surface area contributed by atoms with E-state index in [1.54, 1.807) is 19.4 Å². The first-order valence-corrected chi connectivity index (χ1v) is 12.5. The number of halogens is 1. The maximum atomic E-state index is 13.2. The third-order valence-electron chi connectivity index (χ3n) is 5.82. The number of rotatable bonds is 10. The van der Waals surface area contributed by atoms with Gasteiger partial charge in [-0.15, -0.1) is 11.3 Å². The average Bonchev–Trinajstić information content (AvgIpc) is 3.09. The number of nitrogens with zero attached hydrogens (tertiary/aromatic N) is 2. The molecule has 32 heavy (non-hydrogen) atoms. The predicted molar refractivity (Wildman–Crippen MR) is 121 cm³/mol. The van der Waals surface area contributed by atoms with Crippen molar-refractivity contribution in [2.24, 2.45) is 0 Å². The molecule has 0 saturated heterocycles. The number of hydrogen-bond donors (Lipinski definition) is 2. The molecule has 2 atom stereocenters. The minimum Gasteiger partial charge on any atom is -0.480 e. The molecule has 1 aromatic carbocycles. The van der Waals surface area contributed by atoms with Gasteiger partial charge in [0.05, 0.1) is 17.4 Å². The molecule has 1 fully saturated rings. The zero-order valence-electron chi connectivity index (χ0n) is 17.2. The first kappa shape index (κ1) is 22.9. The van der Waals surface area contributed by atoms with E-state index in [0.717, 1.165) is 16.9 Å². The summed E-state index contributed by atoms with van der Waals surface area (Å²) in [5.41, 5.74) is -1.71. The van der Waals surface area contributed by atoms with E-state index < -0.39 is 26.9 Å². The van der Waals surface area contributed by atoms with Crippen molar-refractivity contribution in [3.63, 3.8) is 0 Å². The second-order valence-corrected chi connectivity index (χ2v) is 11.1. The van der Waals surface area contributed by atoms with Crippen molar-refractivity contribution >= 4 is 38.9 Å². The highest BCUT2D eigenvalue weighted by Gasteiger charge is 2.74. The van der Waals surface area contributed by atoms with Gasteiger partial charge in [-0.2, -0.15) is 9.82 Å². The second-order valence-electron chi connectivity index (χ2n) is 7.73. The summed E-state index contributed by atoms with van der Waals surface area (Å²) in [7, 11) is -2.53. The molecule has 1 saturated carbocycles. The van der Waals surface area contributed by atoms with Crippen LogP contribution in [0.1, 0.15) is 24.8 Å². The van der Waals surface area contributed by atoms with Crippen molar-refractivity contribution in [3.8, 4) is 5.00 Å². The Morgan fingerprint density at radius 2 is 2.06 bits per heavy atom. The van der Waals surface area contributed by atoms with Gasteiger partial charge in [0, 0.05) is 19.1 Å². The zero-order chi connectivity index (χ0) is 23.0. The molecular weight excluding hydrogens is 474 g/mol. The number of hydrogen-bond acceptors (Lipinski definition) is 6. The van der Waals surface area contributed by atoms with Gasteiger partial charge >= 0.3 is 5.97 Å². The van der Waals surface area contributed by atoms with E-state index in [0.29, 0.717) is 29.5 Å². The number of ether oxygens (including phenoxy) is 1. The number of carboxylic acid groups (broad SMARTS) is 1. The average molecular weight is 496 g/mol. The molecule has 0 radical (unpaired) electrons. The Morgan fingerprint density at radius 1 is 1.31 bits per heavy atom. The van der Waals surface area contributed by atoms with Crippen LogP contribution < -0.4 is 4.72 Å². The number of carbonyl (C=O) groups is 1. The number of aliphatic carboxylic acids is 1. The lowest BCUT2D eigenvalue weighted by Gasteiger charge is -2.24. The molecule has 2 heterocycles. The quantitative estimate of drug-likeness (QED) is 0.417. The summed E-state index contributed by atoms with van der Waals surface area (Å²) < 4.78 is 35.6. The fraction of sp³-hybridized carbons (Fsp3) is 0.333. The topological polar surface area (TPSA) is 111 Å². The molecule has 0 bridgehead atoms. The summed E-state index contributed by atoms with van der Waals surface area (Å²) in [6.45, 7) is 0.456. The predicted octanol–water partition coefficient (Wildman–Crippen LogP) is 3.46. The standard InChI is InChI=1S/C21H22ClN3O5S2/c1-30-11-5-10-20(15-6-3-2-4-7-15)14-21(20,19(26)27)24-32(28,29)18-9-8-17(31-18)25-13-16(22)12-23-25/h2-4,6-9,12-13,24H,5,10-11,14H2,1H3,(H,26,27). The van der Waals surface area contributed by atoms with E-state index in [1.165, 1.54) is 16.9 Å². The summed E-state index contributed by atoms with van der Waals surface area (Å²) in [6, 6.07) is 12.2. The van der Waals surface area contributed by atoms with Gasteiger partial charge in [0.15, 0.2) is 0 Å². The van der Waals surface area contributed by atoms with Gasteiger partial charge in [-0.1, -0.05) is 41.9 Å². The molecule has 3 aromatic rings. The Kier molecular flexibility index (Phi) is 6.17. The second kappa shape index (κ2) is 8.60. The van der Waals surface area contributed by atoms with Gasteiger partial charge in [-0.05, 0) is 37.0 Å². The number of aromatic nitrogens is 2. The van der Waals surface area contributed by atoms with Crippen LogP contribution >= 0.6 is 22.9 Å². The number of carboxylic acids is 1. The highest BCUT2D eigenvalue weighted by Crippen LogP contribution is 2.61. The lowest BCUT2D eigenvalue weighted by molar-refractivity contribution is -0.140. The summed E-state index contributed by atoms with van der Waals surface area (Å²) in [6.07, 6.45) is 4.25. The minimum atomic E-state index is -4.11. The fourth-order valence-corrected chi connectivity index (χ4v) is 7.00. The summed E-state index contributed by atoms with van der Waals surface area (Å²) in [5.74, 6) is -1.20. The first-order chi connectivity index (χ1) is 15.2. The van der Waals surface area contributed by atoms with Crippen LogP contribution in [-0.2, 0) is 25.0 Å². The number of benzene rings is 1. The van der Waals surface area contributed by atoms with Crippen molar-refractivity contribution in [2.45, 2.75) is 34.4 Å². The monoisotopic (exact) mass is 495 g/mol. The van der Waals surface area contributed by atoms with Crippen LogP contribution in [0.2, 0.25) is 5.02 Å². The lowest BCUT2D eigenvalue weighted by atomic mass is 9.86. The molecule has 2 N–H and O–H groups in total. The third kappa shape index (κ3) is 3.97. The normalized spacial score (nSPS) is 22.7. The minimum absolute atomic E-state index is 0.00509. The highest BCUT2D eigenvalue weighted by atomic mass is 35.5. The molecule has 4 rings (SSSR count). The van der Waals surface area contributed by atoms with Crippen LogP contribution in [0.5, 0.6) is 0 Å². The number of nitrogens with one attached hydrogen (secondary N) is 1. The fourth-order valence-electron chi connectivity index (χ4n) is 4.22. The van der Waals surface area contributed by atoms with Crippen LogP contribution in [0.4, 0.5) is 0 Å². The van der Waals surface area contributed by atoms with Crippen molar-refractivity contribution in [1.82, 2.24) is 14.5 Å². The smallest absolute Gasteiger partial charge is 0.325 e. The molecule has 0 spiro atoms. The Balaban J connectivity index is 1.67. The van der Waals surface area contributed by atoms with E-state index in [4.69, 9.17) is 16.3 Å². The molecule has 8 nitrogen and oxygen atoms in total. The maximum Gasteiger partial charge on any atom is 0.325 e. The molecule has 170 valence electrons. The maximum absolute atomic E-state index is 13.2. The van der Waals surface area contributed by atoms with Crippen LogP contribution in [0.3, 0.4) is 0 Å². The number of sulfonamides is 1. The van der Waals surface area contributed by atoms with Crippen LogP contribution in [-0.4, -0.2) is 48.5 Å². The van der Waals surface area contributed by atoms with E-state index >= 15 is 0 Å². The van der Waals surface area contributed by atoms with Crippen LogP contribution in [0.25, 0.3) is 5.00 Å². The summed E-state index contributed by atoms with van der Waals surface area (Å²) in [5, 5.41) is 15.2. The molecule has 2 unspecified atom stereocenters. The Bertz CT molecular complexity index is 1230. The van der Waals surface area contributed by atoms with Gasteiger partial charge in [-0.25, -0.2) is 13.1 Å². The molecule has 0 amide bonds. The molecule has 1 aliphatic carbocycles. The van der Waals surface area contributed by atoms with Gasteiger partial charge in [-0.3, -0.25) is 4.79 Å². The van der Waals surface area contributed by atoms with Crippen LogP contribution in [0.15, 0.2) is 59.1 Å². The van der Waals surface area contributed by atoms with Crippen molar-refractivity contribution in [2.75, 3.05) is 13.7 Å². The van der Waals surface area contributed by atoms with Crippen molar-refractivity contribution in [3.05, 3.63) is 65.4 Å². The molecule has 0 aliphatic heterocycles. The molecular formula is C21H22ClN3O5S2. The molecule has 2 aromatic heterocycles. The Morgan fingerprint density at radius 3 is 2.69 bits per heavy atom. The Labute approximate surface area is 194 Å². The van der Waals surface area contributed by atoms with E-state index in [1.807, 2.05) is 30.3 Å². The van der Waals surface area contributed by atoms with Gasteiger partial charge < -0.3 is 9.84 Å². The first-order valence-electron chi connectivity index (χ1n) is 9.86. The SMILES string of the molecule is COCCCC1(c2ccccc2)CC1(NS(=O)(=O)c1ccc(-n2cc(Cl)cn2)s1)C(=O)O. The largest absolute Gasteiger partial charge is 0.480 e. The van der Waals surface area contributed by atoms with E-state index in [2.05, 4.69) is 9.82 Å². The number of methoxy groups -OCH3 is 1. The van der Waals surface area contributed by atoms with Gasteiger partial charge in [0.1, 0.15) is 14.7 Å². The Hall–Kier alpha value is -2.24. The zero-order valence-corrected chi connectivity index (χ0v) is 19.6. The third-order valence-corrected chi connectivity index (χ3v) is 9.08. The summed E-state index contributed by atoms with van der Waals surface area (Å²) >= 11 is 6.88. The van der Waals surface area contributed by atoms with E-state index in [-0.39, 0.29) is 10.6 Å². The molecule has 11 heteroatoms. The molecule has 1 aliphatic rings. The lowest BCUT2D eigenvalue weighted by Crippen LogP contribution is -2.48. The van der Waals surface area contributed by atoms with E-state index in [9.17, 15) is 18.3 Å². The number of thiophene rings is 1. The van der Waals surface area contributed by atoms with Gasteiger partial charge in [0.2, 0.25) is 0 Å². The van der Waals surface area contributed by atoms with Crippen molar-refractivity contribution < 1.29 is 23.1 Å².